The second kappa shape index (κ2) is 9.20. The lowest BCUT2D eigenvalue weighted by Crippen LogP contribution is -2.49. The van der Waals surface area contributed by atoms with Gasteiger partial charge in [-0.3, -0.25) is 19.1 Å². The zero-order valence-corrected chi connectivity index (χ0v) is 20.9. The standard InChI is InChI=1S/C28H27FN6O3/c1-16-11-18(4-5-21(16)29)12-20-14-31-24(32-20)22-23(36)26(38)35-15-17-6-8-28(9-7-17,27(35)33-22)34-25(37)19-3-2-10-30-13-19/h2-5,10-11,13-14,17,36H,6-9,12,15H2,1H3,(H,31,32)(H,34,37). The number of carbonyl (C=O) groups is 1. The van der Waals surface area contributed by atoms with Crippen molar-refractivity contribution in [3.05, 3.63) is 93.3 Å². The molecule has 3 aliphatic rings. The van der Waals surface area contributed by atoms with E-state index < -0.39 is 16.8 Å². The number of nitrogens with one attached hydrogen (secondary N) is 2. The molecule has 1 aromatic carbocycles. The number of fused-ring (bicyclic) bond motifs is 2. The largest absolute Gasteiger partial charge is 0.501 e. The number of H-pyrrole nitrogens is 1. The topological polar surface area (TPSA) is 126 Å². The lowest BCUT2D eigenvalue weighted by Gasteiger charge is -2.37. The smallest absolute Gasteiger partial charge is 0.296 e. The number of amides is 1. The minimum absolute atomic E-state index is 0.0446. The molecule has 0 atom stereocenters. The number of nitrogens with zero attached hydrogens (tertiary/aromatic N) is 4. The second-order valence-corrected chi connectivity index (χ2v) is 10.3. The molecule has 10 heteroatoms. The maximum Gasteiger partial charge on any atom is 0.296 e. The molecule has 2 aliphatic heterocycles. The Labute approximate surface area is 217 Å². The van der Waals surface area contributed by atoms with E-state index in [4.69, 9.17) is 4.98 Å². The van der Waals surface area contributed by atoms with Gasteiger partial charge in [0.2, 0.25) is 5.75 Å². The number of rotatable bonds is 5. The molecule has 1 aliphatic carbocycles. The molecule has 5 heterocycles. The third-order valence-electron chi connectivity index (χ3n) is 7.72. The van der Waals surface area contributed by atoms with E-state index in [0.29, 0.717) is 42.8 Å². The van der Waals surface area contributed by atoms with Crippen LogP contribution in [0.5, 0.6) is 5.75 Å². The highest BCUT2D eigenvalue weighted by Crippen LogP contribution is 2.43. The number of benzene rings is 1. The van der Waals surface area contributed by atoms with Gasteiger partial charge in [0.1, 0.15) is 11.6 Å². The van der Waals surface area contributed by atoms with Crippen LogP contribution in [0.1, 0.15) is 58.7 Å². The summed E-state index contributed by atoms with van der Waals surface area (Å²) in [5.74, 6) is -0.0915. The van der Waals surface area contributed by atoms with Gasteiger partial charge >= 0.3 is 0 Å². The van der Waals surface area contributed by atoms with Crippen molar-refractivity contribution in [2.24, 2.45) is 5.92 Å². The zero-order chi connectivity index (χ0) is 26.4. The van der Waals surface area contributed by atoms with Crippen LogP contribution < -0.4 is 10.9 Å². The lowest BCUT2D eigenvalue weighted by molar-refractivity contribution is 0.0850. The third kappa shape index (κ3) is 4.15. The Balaban J connectivity index is 1.39. The maximum absolute atomic E-state index is 13.7. The van der Waals surface area contributed by atoms with Crippen LogP contribution in [0.2, 0.25) is 0 Å². The van der Waals surface area contributed by atoms with E-state index in [1.165, 1.54) is 16.8 Å². The van der Waals surface area contributed by atoms with Crippen LogP contribution in [0.15, 0.2) is 53.7 Å². The molecule has 194 valence electrons. The first-order valence-corrected chi connectivity index (χ1v) is 12.7. The van der Waals surface area contributed by atoms with Crippen LogP contribution in [0, 0.1) is 18.7 Å². The van der Waals surface area contributed by atoms with E-state index in [1.54, 1.807) is 43.6 Å². The van der Waals surface area contributed by atoms with Gasteiger partial charge in [-0.15, -0.1) is 0 Å². The van der Waals surface area contributed by atoms with E-state index >= 15 is 0 Å². The fourth-order valence-electron chi connectivity index (χ4n) is 5.65. The molecule has 0 unspecified atom stereocenters. The normalized spacial score (nSPS) is 20.1. The molecule has 0 spiro atoms. The summed E-state index contributed by atoms with van der Waals surface area (Å²) in [6, 6.07) is 8.29. The van der Waals surface area contributed by atoms with Crippen LogP contribution in [-0.2, 0) is 18.5 Å². The lowest BCUT2D eigenvalue weighted by atomic mass is 9.77. The first-order valence-electron chi connectivity index (χ1n) is 12.7. The molecule has 2 bridgehead atoms. The summed E-state index contributed by atoms with van der Waals surface area (Å²) in [4.78, 5) is 43.0. The third-order valence-corrected chi connectivity index (χ3v) is 7.72. The molecular formula is C28H27FN6O3. The van der Waals surface area contributed by atoms with Crippen molar-refractivity contribution in [2.75, 3.05) is 0 Å². The van der Waals surface area contributed by atoms with Crippen molar-refractivity contribution in [3.8, 4) is 17.3 Å². The number of hydrogen-bond donors (Lipinski definition) is 3. The van der Waals surface area contributed by atoms with Crippen molar-refractivity contribution in [3.63, 3.8) is 0 Å². The van der Waals surface area contributed by atoms with E-state index in [1.807, 2.05) is 0 Å². The fourth-order valence-corrected chi connectivity index (χ4v) is 5.65. The Morgan fingerprint density at radius 2 is 2.08 bits per heavy atom. The van der Waals surface area contributed by atoms with Crippen molar-refractivity contribution in [2.45, 2.75) is 51.1 Å². The Morgan fingerprint density at radius 3 is 2.82 bits per heavy atom. The molecule has 1 fully saturated rings. The predicted molar refractivity (Wildman–Crippen MR) is 137 cm³/mol. The molecule has 1 amide bonds. The Kier molecular flexibility index (Phi) is 5.81. The summed E-state index contributed by atoms with van der Waals surface area (Å²) in [6.45, 7) is 2.14. The summed E-state index contributed by atoms with van der Waals surface area (Å²) >= 11 is 0. The molecule has 7 rings (SSSR count). The average Bonchev–Trinajstić information content (AvgIpc) is 3.26. The molecule has 3 N–H and O–H groups in total. The molecule has 38 heavy (non-hydrogen) atoms. The molecule has 9 nitrogen and oxygen atoms in total. The zero-order valence-electron chi connectivity index (χ0n) is 20.9. The van der Waals surface area contributed by atoms with Gasteiger partial charge in [0.25, 0.3) is 11.5 Å². The van der Waals surface area contributed by atoms with Crippen LogP contribution >= 0.6 is 0 Å². The number of aromatic nitrogens is 5. The first kappa shape index (κ1) is 24.0. The van der Waals surface area contributed by atoms with Crippen molar-refractivity contribution in [1.29, 1.82) is 0 Å². The summed E-state index contributed by atoms with van der Waals surface area (Å²) in [6.07, 6.45) is 8.11. The molecule has 0 radical (unpaired) electrons. The quantitative estimate of drug-likeness (QED) is 0.374. The Morgan fingerprint density at radius 1 is 1.26 bits per heavy atom. The van der Waals surface area contributed by atoms with Gasteiger partial charge in [-0.1, -0.05) is 12.1 Å². The van der Waals surface area contributed by atoms with Crippen molar-refractivity contribution in [1.82, 2.24) is 29.8 Å². The molecule has 1 saturated carbocycles. The highest BCUT2D eigenvalue weighted by atomic mass is 19.1. The maximum atomic E-state index is 13.7. The first-order chi connectivity index (χ1) is 18.3. The minimum atomic E-state index is -0.859. The summed E-state index contributed by atoms with van der Waals surface area (Å²) in [5, 5.41) is 14.1. The second-order valence-electron chi connectivity index (χ2n) is 10.3. The number of pyridine rings is 1. The molecular weight excluding hydrogens is 487 g/mol. The van der Waals surface area contributed by atoms with Gasteiger partial charge in [0, 0.05) is 37.3 Å². The molecule has 0 saturated heterocycles. The van der Waals surface area contributed by atoms with E-state index in [2.05, 4.69) is 20.3 Å². The summed E-state index contributed by atoms with van der Waals surface area (Å²) < 4.78 is 15.2. The highest BCUT2D eigenvalue weighted by molar-refractivity contribution is 5.94. The van der Waals surface area contributed by atoms with E-state index in [0.717, 1.165) is 24.1 Å². The summed E-state index contributed by atoms with van der Waals surface area (Å²) in [7, 11) is 0. The van der Waals surface area contributed by atoms with Crippen LogP contribution in [0.4, 0.5) is 4.39 Å². The van der Waals surface area contributed by atoms with Crippen LogP contribution in [-0.4, -0.2) is 35.5 Å². The van der Waals surface area contributed by atoms with E-state index in [9.17, 15) is 19.1 Å². The van der Waals surface area contributed by atoms with Gasteiger partial charge in [-0.25, -0.2) is 14.4 Å². The Hall–Kier alpha value is -4.34. The highest BCUT2D eigenvalue weighted by Gasteiger charge is 2.46. The van der Waals surface area contributed by atoms with Gasteiger partial charge in [-0.05, 0) is 67.9 Å². The minimum Gasteiger partial charge on any atom is -0.501 e. The van der Waals surface area contributed by atoms with Gasteiger partial charge < -0.3 is 15.4 Å². The molecule has 4 aromatic rings. The van der Waals surface area contributed by atoms with Crippen molar-refractivity contribution >= 4 is 5.91 Å². The Bertz CT molecular complexity index is 1590. The van der Waals surface area contributed by atoms with Crippen LogP contribution in [0.25, 0.3) is 11.5 Å². The van der Waals surface area contributed by atoms with Gasteiger partial charge in [-0.2, -0.15) is 0 Å². The van der Waals surface area contributed by atoms with Crippen molar-refractivity contribution < 1.29 is 14.3 Å². The number of carbonyl (C=O) groups excluding carboxylic acids is 1. The summed E-state index contributed by atoms with van der Waals surface area (Å²) in [5.41, 5.74) is 1.23. The average molecular weight is 515 g/mol. The van der Waals surface area contributed by atoms with Crippen LogP contribution in [0.3, 0.4) is 0 Å². The number of imidazole rings is 1. The number of hydrogen-bond acceptors (Lipinski definition) is 6. The van der Waals surface area contributed by atoms with Gasteiger partial charge in [0.15, 0.2) is 11.5 Å². The number of halogens is 1. The molecule has 3 aromatic heterocycles. The fraction of sp³-hybridized carbons (Fsp3) is 0.321. The number of aromatic hydroxyl groups is 1. The number of aryl methyl sites for hydroxylation is 1. The monoisotopic (exact) mass is 514 g/mol. The van der Waals surface area contributed by atoms with Gasteiger partial charge in [0.05, 0.1) is 11.1 Å². The predicted octanol–water partition coefficient (Wildman–Crippen LogP) is 3.60. The SMILES string of the molecule is Cc1cc(Cc2cnc(-c3nc4n(c(=O)c3O)CC3CCC4(NC(=O)c4cccnc4)CC3)[nH]2)ccc1F. The van der Waals surface area contributed by atoms with E-state index in [-0.39, 0.29) is 29.2 Å². The number of aromatic amines is 1.